The Morgan fingerprint density at radius 2 is 1.89 bits per heavy atom. The van der Waals surface area contributed by atoms with Crippen LogP contribution >= 0.6 is 24.0 Å². The van der Waals surface area contributed by atoms with Crippen LogP contribution in [0, 0.1) is 0 Å². The average Bonchev–Trinajstić information content (AvgIpc) is 3.16. The number of benzene rings is 1. The van der Waals surface area contributed by atoms with Gasteiger partial charge in [-0.25, -0.2) is 0 Å². The number of nitrogens with zero attached hydrogens (tertiary/aromatic N) is 4. The third-order valence-electron chi connectivity index (χ3n) is 4.70. The van der Waals surface area contributed by atoms with E-state index in [1.807, 2.05) is 0 Å². The molecule has 1 saturated heterocycles. The van der Waals surface area contributed by atoms with E-state index in [4.69, 9.17) is 4.52 Å². The normalized spacial score (nSPS) is 15.9. The summed E-state index contributed by atoms with van der Waals surface area (Å²) in [5.41, 5.74) is 1.16. The van der Waals surface area contributed by atoms with Crippen molar-refractivity contribution < 1.29 is 4.52 Å². The van der Waals surface area contributed by atoms with Crippen molar-refractivity contribution >= 4 is 35.6 Å². The van der Waals surface area contributed by atoms with Gasteiger partial charge in [0, 0.05) is 37.3 Å². The third-order valence-corrected chi connectivity index (χ3v) is 4.70. The summed E-state index contributed by atoms with van der Waals surface area (Å²) in [6.45, 7) is 8.74. The zero-order valence-electron chi connectivity index (χ0n) is 17.1. The van der Waals surface area contributed by atoms with Crippen molar-refractivity contribution in [3.8, 4) is 0 Å². The molecule has 3 rings (SSSR count). The largest absolute Gasteiger partial charge is 0.371 e. The first-order valence-electron chi connectivity index (χ1n) is 9.56. The first-order valence-corrected chi connectivity index (χ1v) is 9.56. The number of guanidine groups is 1. The summed E-state index contributed by atoms with van der Waals surface area (Å²) < 4.78 is 5.33. The third kappa shape index (κ3) is 6.08. The summed E-state index contributed by atoms with van der Waals surface area (Å²) >= 11 is 0. The van der Waals surface area contributed by atoms with E-state index in [-0.39, 0.29) is 29.4 Å². The van der Waals surface area contributed by atoms with E-state index >= 15 is 0 Å². The number of para-hydroxylation sites is 1. The van der Waals surface area contributed by atoms with Gasteiger partial charge in [-0.2, -0.15) is 4.98 Å². The molecular weight excluding hydrogens is 467 g/mol. The maximum absolute atomic E-state index is 5.33. The van der Waals surface area contributed by atoms with Crippen LogP contribution in [0.4, 0.5) is 5.69 Å². The van der Waals surface area contributed by atoms with E-state index in [0.717, 1.165) is 31.9 Å². The van der Waals surface area contributed by atoms with Crippen LogP contribution in [0.1, 0.15) is 45.3 Å². The molecule has 7 nitrogen and oxygen atoms in total. The highest BCUT2D eigenvalue weighted by Crippen LogP contribution is 2.20. The zero-order valence-corrected chi connectivity index (χ0v) is 19.4. The maximum atomic E-state index is 5.33. The molecule has 28 heavy (non-hydrogen) atoms. The molecule has 8 heteroatoms. The molecule has 0 aliphatic carbocycles. The lowest BCUT2D eigenvalue weighted by Gasteiger charge is -2.34. The topological polar surface area (TPSA) is 78.6 Å². The van der Waals surface area contributed by atoms with Crippen LogP contribution in [-0.4, -0.2) is 42.3 Å². The molecule has 0 amide bonds. The van der Waals surface area contributed by atoms with Crippen molar-refractivity contribution in [3.05, 3.63) is 42.0 Å². The minimum absolute atomic E-state index is 0. The van der Waals surface area contributed by atoms with Crippen molar-refractivity contribution in [1.29, 1.82) is 0 Å². The van der Waals surface area contributed by atoms with Crippen LogP contribution in [0.3, 0.4) is 0 Å². The van der Waals surface area contributed by atoms with Crippen LogP contribution in [0.15, 0.2) is 39.8 Å². The fraction of sp³-hybridized carbons (Fsp3) is 0.550. The number of hydrogen-bond acceptors (Lipinski definition) is 5. The molecule has 0 bridgehead atoms. The first kappa shape index (κ1) is 22.4. The predicted molar refractivity (Wildman–Crippen MR) is 123 cm³/mol. The smallest absolute Gasteiger partial charge is 0.232 e. The lowest BCUT2D eigenvalue weighted by Crippen LogP contribution is -2.48. The van der Waals surface area contributed by atoms with Gasteiger partial charge >= 0.3 is 0 Å². The maximum Gasteiger partial charge on any atom is 0.232 e. The molecular formula is C20H31IN6O. The van der Waals surface area contributed by atoms with Gasteiger partial charge in [0.15, 0.2) is 11.8 Å². The monoisotopic (exact) mass is 498 g/mol. The number of halogens is 1. The van der Waals surface area contributed by atoms with E-state index in [9.17, 15) is 0 Å². The molecule has 1 fully saturated rings. The van der Waals surface area contributed by atoms with Gasteiger partial charge in [0.1, 0.15) is 0 Å². The molecule has 1 aromatic heterocycles. The van der Waals surface area contributed by atoms with Crippen LogP contribution in [0.5, 0.6) is 0 Å². The molecule has 0 spiro atoms. The van der Waals surface area contributed by atoms with E-state index < -0.39 is 0 Å². The number of hydrogen-bond donors (Lipinski definition) is 2. The number of aromatic nitrogens is 2. The summed E-state index contributed by atoms with van der Waals surface area (Å²) in [7, 11) is 1.78. The Kier molecular flexibility index (Phi) is 8.09. The van der Waals surface area contributed by atoms with E-state index in [1.165, 1.54) is 5.69 Å². The first-order chi connectivity index (χ1) is 13.0. The molecule has 2 N–H and O–H groups in total. The highest BCUT2D eigenvalue weighted by molar-refractivity contribution is 14.0. The SMILES string of the molecule is CN=C(NCc1noc(C(C)(C)C)n1)NC1CCN(c2ccccc2)CC1.I. The summed E-state index contributed by atoms with van der Waals surface area (Å²) in [6.07, 6.45) is 2.15. The molecule has 0 atom stereocenters. The van der Waals surface area contributed by atoms with Gasteiger partial charge in [-0.3, -0.25) is 4.99 Å². The minimum Gasteiger partial charge on any atom is -0.371 e. The molecule has 0 unspecified atom stereocenters. The second-order valence-electron chi connectivity index (χ2n) is 7.93. The second kappa shape index (κ2) is 10.1. The quantitative estimate of drug-likeness (QED) is 0.383. The van der Waals surface area contributed by atoms with Crippen molar-refractivity contribution in [2.24, 2.45) is 4.99 Å². The van der Waals surface area contributed by atoms with Crippen LogP contribution in [-0.2, 0) is 12.0 Å². The predicted octanol–water partition coefficient (Wildman–Crippen LogP) is 3.32. The van der Waals surface area contributed by atoms with E-state index in [2.05, 4.69) is 81.8 Å². The zero-order chi connectivity index (χ0) is 19.3. The Hall–Kier alpha value is -1.84. The average molecular weight is 498 g/mol. The van der Waals surface area contributed by atoms with E-state index in [0.29, 0.717) is 24.3 Å². The summed E-state index contributed by atoms with van der Waals surface area (Å²) in [6, 6.07) is 11.0. The highest BCUT2D eigenvalue weighted by Gasteiger charge is 2.22. The highest BCUT2D eigenvalue weighted by atomic mass is 127. The Bertz CT molecular complexity index is 748. The second-order valence-corrected chi connectivity index (χ2v) is 7.93. The Morgan fingerprint density at radius 1 is 1.21 bits per heavy atom. The van der Waals surface area contributed by atoms with Gasteiger partial charge in [-0.05, 0) is 25.0 Å². The van der Waals surface area contributed by atoms with Gasteiger partial charge in [0.25, 0.3) is 0 Å². The summed E-state index contributed by atoms with van der Waals surface area (Å²) in [4.78, 5) is 11.2. The number of aliphatic imine (C=N–C) groups is 1. The van der Waals surface area contributed by atoms with Gasteiger partial charge < -0.3 is 20.1 Å². The molecule has 1 aromatic carbocycles. The lowest BCUT2D eigenvalue weighted by atomic mass is 9.97. The molecule has 1 aliphatic rings. The van der Waals surface area contributed by atoms with Gasteiger partial charge in [0.2, 0.25) is 5.89 Å². The van der Waals surface area contributed by atoms with Crippen molar-refractivity contribution in [1.82, 2.24) is 20.8 Å². The summed E-state index contributed by atoms with van der Waals surface area (Å²) in [5.74, 6) is 2.06. The van der Waals surface area contributed by atoms with Crippen LogP contribution in [0.2, 0.25) is 0 Å². The van der Waals surface area contributed by atoms with Gasteiger partial charge in [-0.1, -0.05) is 44.1 Å². The van der Waals surface area contributed by atoms with Crippen molar-refractivity contribution in [2.45, 2.75) is 51.6 Å². The standard InChI is InChI=1S/C20H30N6O.HI/c1-20(2,3)18-24-17(25-27-18)14-22-19(21-4)23-15-10-12-26(13-11-15)16-8-6-5-7-9-16;/h5-9,15H,10-14H2,1-4H3,(H2,21,22,23);1H. The fourth-order valence-electron chi connectivity index (χ4n) is 3.10. The Balaban J connectivity index is 0.00000280. The van der Waals surface area contributed by atoms with Crippen molar-refractivity contribution in [3.63, 3.8) is 0 Å². The molecule has 2 heterocycles. The number of anilines is 1. The van der Waals surface area contributed by atoms with Crippen molar-refractivity contribution in [2.75, 3.05) is 25.0 Å². The number of nitrogens with one attached hydrogen (secondary N) is 2. The Morgan fingerprint density at radius 3 is 2.46 bits per heavy atom. The molecule has 2 aromatic rings. The van der Waals surface area contributed by atoms with Crippen LogP contribution < -0.4 is 15.5 Å². The number of rotatable bonds is 4. The van der Waals surface area contributed by atoms with E-state index in [1.54, 1.807) is 7.05 Å². The molecule has 1 aliphatic heterocycles. The Labute approximate surface area is 184 Å². The van der Waals surface area contributed by atoms with Gasteiger partial charge in [0.05, 0.1) is 6.54 Å². The summed E-state index contributed by atoms with van der Waals surface area (Å²) in [5, 5.41) is 10.8. The minimum atomic E-state index is -0.141. The fourth-order valence-corrected chi connectivity index (χ4v) is 3.10. The van der Waals surface area contributed by atoms with Gasteiger partial charge in [-0.15, -0.1) is 24.0 Å². The lowest BCUT2D eigenvalue weighted by molar-refractivity contribution is 0.318. The van der Waals surface area contributed by atoms with Crippen LogP contribution in [0.25, 0.3) is 0 Å². The molecule has 0 saturated carbocycles. The number of piperidine rings is 1. The molecule has 154 valence electrons. The molecule has 0 radical (unpaired) electrons.